The molecular formula is C25H31N. The molecule has 2 unspecified atom stereocenters. The van der Waals surface area contributed by atoms with E-state index in [1.807, 2.05) is 0 Å². The third-order valence-electron chi connectivity index (χ3n) is 6.27. The van der Waals surface area contributed by atoms with E-state index in [-0.39, 0.29) is 0 Å². The molecule has 0 amide bonds. The molecule has 2 aromatic rings. The highest BCUT2D eigenvalue weighted by atomic mass is 15.2. The second-order valence-corrected chi connectivity index (χ2v) is 8.82. The van der Waals surface area contributed by atoms with Gasteiger partial charge in [-0.1, -0.05) is 62.8 Å². The molecule has 136 valence electrons. The van der Waals surface area contributed by atoms with Crippen molar-refractivity contribution in [3.8, 4) is 0 Å². The standard InChI is InChI=1S/C25H31N/c1-15(2)11-20-7-8-21-9-10-23-22-13-16(3)12-17(4)25(22)18(5)19(6)26(23)24(21)14-20/h7-10,12-15,18-19,23H,11H2,1-6H3/t18-,19?,23?/m0/s1. The van der Waals surface area contributed by atoms with Gasteiger partial charge in [0.05, 0.1) is 6.04 Å². The van der Waals surface area contributed by atoms with E-state index in [9.17, 15) is 0 Å². The molecule has 0 fully saturated rings. The lowest BCUT2D eigenvalue weighted by Crippen LogP contribution is -2.45. The van der Waals surface area contributed by atoms with Gasteiger partial charge in [-0.05, 0) is 67.0 Å². The number of benzene rings is 2. The lowest BCUT2D eigenvalue weighted by atomic mass is 9.76. The SMILES string of the molecule is Cc1cc(C)c2c(c1)C1C=Cc3ccc(CC(C)C)cc3N1C(C)[C@@H]2C. The second-order valence-electron chi connectivity index (χ2n) is 8.82. The van der Waals surface area contributed by atoms with Gasteiger partial charge in [0.2, 0.25) is 0 Å². The number of hydrogen-bond donors (Lipinski definition) is 0. The molecule has 0 N–H and O–H groups in total. The molecule has 0 spiro atoms. The van der Waals surface area contributed by atoms with Crippen LogP contribution in [0.25, 0.3) is 6.08 Å². The molecule has 2 heterocycles. The van der Waals surface area contributed by atoms with Crippen molar-refractivity contribution in [2.75, 3.05) is 4.90 Å². The van der Waals surface area contributed by atoms with Gasteiger partial charge < -0.3 is 4.90 Å². The summed E-state index contributed by atoms with van der Waals surface area (Å²) in [5, 5.41) is 0. The fraction of sp³-hybridized carbons (Fsp3) is 0.440. The quantitative estimate of drug-likeness (QED) is 0.594. The first-order valence-electron chi connectivity index (χ1n) is 10.1. The van der Waals surface area contributed by atoms with Crippen LogP contribution in [0.3, 0.4) is 0 Å². The normalized spacial score (nSPS) is 23.7. The van der Waals surface area contributed by atoms with Crippen LogP contribution in [0.4, 0.5) is 5.69 Å². The zero-order chi connectivity index (χ0) is 18.6. The van der Waals surface area contributed by atoms with Crippen LogP contribution in [0.1, 0.15) is 73.0 Å². The van der Waals surface area contributed by atoms with Crippen LogP contribution in [0, 0.1) is 19.8 Å². The summed E-state index contributed by atoms with van der Waals surface area (Å²) in [4.78, 5) is 2.67. The highest BCUT2D eigenvalue weighted by Gasteiger charge is 2.38. The van der Waals surface area contributed by atoms with Crippen LogP contribution in [0.15, 0.2) is 36.4 Å². The number of rotatable bonds is 2. The smallest absolute Gasteiger partial charge is 0.0736 e. The minimum absolute atomic E-state index is 0.358. The van der Waals surface area contributed by atoms with Crippen molar-refractivity contribution < 1.29 is 0 Å². The van der Waals surface area contributed by atoms with Crippen LogP contribution >= 0.6 is 0 Å². The van der Waals surface area contributed by atoms with Gasteiger partial charge in [0.15, 0.2) is 0 Å². The molecular weight excluding hydrogens is 314 g/mol. The lowest BCUT2D eigenvalue weighted by Gasteiger charge is -2.48. The Morgan fingerprint density at radius 1 is 1.04 bits per heavy atom. The van der Waals surface area contributed by atoms with Gasteiger partial charge in [0.25, 0.3) is 0 Å². The van der Waals surface area contributed by atoms with Crippen LogP contribution in [0.2, 0.25) is 0 Å². The first kappa shape index (κ1) is 17.4. The minimum Gasteiger partial charge on any atom is -0.357 e. The number of hydrogen-bond acceptors (Lipinski definition) is 1. The molecule has 0 bridgehead atoms. The Morgan fingerprint density at radius 3 is 2.54 bits per heavy atom. The summed E-state index contributed by atoms with van der Waals surface area (Å²) in [7, 11) is 0. The molecule has 3 atom stereocenters. The van der Waals surface area contributed by atoms with Crippen LogP contribution in [-0.4, -0.2) is 6.04 Å². The Morgan fingerprint density at radius 2 is 1.81 bits per heavy atom. The van der Waals surface area contributed by atoms with Crippen molar-refractivity contribution in [3.63, 3.8) is 0 Å². The van der Waals surface area contributed by atoms with Crippen LogP contribution < -0.4 is 4.90 Å². The topological polar surface area (TPSA) is 3.24 Å². The average molecular weight is 346 g/mol. The van der Waals surface area contributed by atoms with Crippen molar-refractivity contribution in [1.29, 1.82) is 0 Å². The number of aryl methyl sites for hydroxylation is 2. The van der Waals surface area contributed by atoms with E-state index in [0.29, 0.717) is 23.9 Å². The highest BCUT2D eigenvalue weighted by molar-refractivity contribution is 5.75. The average Bonchev–Trinajstić information content (AvgIpc) is 2.57. The predicted octanol–water partition coefficient (Wildman–Crippen LogP) is 6.58. The molecule has 1 nitrogen and oxygen atoms in total. The molecule has 26 heavy (non-hydrogen) atoms. The van der Waals surface area contributed by atoms with E-state index in [4.69, 9.17) is 0 Å². The van der Waals surface area contributed by atoms with Gasteiger partial charge in [0, 0.05) is 17.6 Å². The van der Waals surface area contributed by atoms with E-state index in [2.05, 4.69) is 88.9 Å². The Labute approximate surface area is 158 Å². The van der Waals surface area contributed by atoms with Gasteiger partial charge in [-0.3, -0.25) is 0 Å². The number of anilines is 1. The van der Waals surface area contributed by atoms with Crippen LogP contribution in [-0.2, 0) is 6.42 Å². The molecule has 2 aliphatic heterocycles. The Balaban J connectivity index is 1.87. The van der Waals surface area contributed by atoms with Gasteiger partial charge >= 0.3 is 0 Å². The highest BCUT2D eigenvalue weighted by Crippen LogP contribution is 2.48. The van der Waals surface area contributed by atoms with E-state index in [0.717, 1.165) is 6.42 Å². The van der Waals surface area contributed by atoms with Crippen molar-refractivity contribution in [2.45, 2.75) is 66.0 Å². The second kappa shape index (κ2) is 6.30. The van der Waals surface area contributed by atoms with Crippen molar-refractivity contribution in [1.82, 2.24) is 0 Å². The number of nitrogens with zero attached hydrogens (tertiary/aromatic N) is 1. The molecule has 0 aromatic heterocycles. The molecule has 4 rings (SSSR count). The first-order chi connectivity index (χ1) is 12.4. The third kappa shape index (κ3) is 2.69. The van der Waals surface area contributed by atoms with E-state index >= 15 is 0 Å². The summed E-state index contributed by atoms with van der Waals surface area (Å²) < 4.78 is 0. The Kier molecular flexibility index (Phi) is 4.22. The van der Waals surface area contributed by atoms with Crippen molar-refractivity contribution in [3.05, 3.63) is 69.8 Å². The molecule has 1 heteroatoms. The maximum absolute atomic E-state index is 2.67. The monoisotopic (exact) mass is 345 g/mol. The molecule has 2 aromatic carbocycles. The largest absolute Gasteiger partial charge is 0.357 e. The summed E-state index contributed by atoms with van der Waals surface area (Å²) in [5.41, 5.74) is 10.1. The van der Waals surface area contributed by atoms with Gasteiger partial charge in [-0.25, -0.2) is 0 Å². The van der Waals surface area contributed by atoms with Gasteiger partial charge in [-0.2, -0.15) is 0 Å². The third-order valence-corrected chi connectivity index (χ3v) is 6.27. The maximum atomic E-state index is 2.67. The van der Waals surface area contributed by atoms with E-state index < -0.39 is 0 Å². The summed E-state index contributed by atoms with van der Waals surface area (Å²) in [6.45, 7) is 13.9. The summed E-state index contributed by atoms with van der Waals surface area (Å²) in [6.07, 6.45) is 5.89. The Hall–Kier alpha value is -2.02. The zero-order valence-electron chi connectivity index (χ0n) is 17.0. The summed E-state index contributed by atoms with van der Waals surface area (Å²) >= 11 is 0. The fourth-order valence-electron chi connectivity index (χ4n) is 5.08. The van der Waals surface area contributed by atoms with E-state index in [1.54, 1.807) is 5.56 Å². The van der Waals surface area contributed by atoms with Gasteiger partial charge in [0.1, 0.15) is 0 Å². The molecule has 0 radical (unpaired) electrons. The molecule has 0 aliphatic carbocycles. The molecule has 0 saturated heterocycles. The van der Waals surface area contributed by atoms with Crippen molar-refractivity contribution in [2.24, 2.45) is 5.92 Å². The van der Waals surface area contributed by atoms with E-state index in [1.165, 1.54) is 33.5 Å². The first-order valence-corrected chi connectivity index (χ1v) is 10.1. The molecule has 0 saturated carbocycles. The fourth-order valence-corrected chi connectivity index (χ4v) is 5.08. The summed E-state index contributed by atoms with van der Waals surface area (Å²) in [6, 6.07) is 12.7. The zero-order valence-corrected chi connectivity index (χ0v) is 17.0. The molecule has 2 aliphatic rings. The predicted molar refractivity (Wildman–Crippen MR) is 113 cm³/mol. The van der Waals surface area contributed by atoms with Crippen molar-refractivity contribution >= 4 is 11.8 Å². The minimum atomic E-state index is 0.358. The Bertz CT molecular complexity index is 874. The summed E-state index contributed by atoms with van der Waals surface area (Å²) in [5.74, 6) is 1.22. The number of fused-ring (bicyclic) bond motifs is 5. The van der Waals surface area contributed by atoms with Crippen LogP contribution in [0.5, 0.6) is 0 Å². The van der Waals surface area contributed by atoms with Gasteiger partial charge in [-0.15, -0.1) is 0 Å². The lowest BCUT2D eigenvalue weighted by molar-refractivity contribution is 0.482. The maximum Gasteiger partial charge on any atom is 0.0736 e.